The molecule has 2 unspecified atom stereocenters. The van der Waals surface area contributed by atoms with E-state index < -0.39 is 6.61 Å². The molecule has 2 fully saturated rings. The van der Waals surface area contributed by atoms with Crippen LogP contribution in [-0.2, 0) is 13.0 Å². The molecule has 0 saturated carbocycles. The average molecular weight is 420 g/mol. The number of carbonyl (C=O) groups is 1. The number of amides is 1. The molecule has 2 bridgehead atoms. The highest BCUT2D eigenvalue weighted by Gasteiger charge is 2.39. The smallest absolute Gasteiger partial charge is 0.387 e. The molecule has 2 atom stereocenters. The molecule has 3 aliphatic rings. The monoisotopic (exact) mass is 420 g/mol. The van der Waals surface area contributed by atoms with Crippen LogP contribution in [0.2, 0.25) is 0 Å². The van der Waals surface area contributed by atoms with Crippen LogP contribution in [0.1, 0.15) is 33.8 Å². The minimum absolute atomic E-state index is 0.0827. The van der Waals surface area contributed by atoms with Crippen molar-refractivity contribution >= 4 is 22.4 Å². The summed E-state index contributed by atoms with van der Waals surface area (Å²) in [7, 11) is 0. The van der Waals surface area contributed by atoms with Gasteiger partial charge in [-0.1, -0.05) is 23.5 Å². The number of piperazine rings is 1. The molecule has 0 spiro atoms. The van der Waals surface area contributed by atoms with Gasteiger partial charge in [0.1, 0.15) is 5.75 Å². The highest BCUT2D eigenvalue weighted by Crippen LogP contribution is 2.38. The Morgan fingerprint density at radius 2 is 2.00 bits per heavy atom. The van der Waals surface area contributed by atoms with E-state index in [9.17, 15) is 13.6 Å². The standard InChI is InChI=1S/C20H22F2N4O2S/c21-19(22)28-16-4-2-1-3-14(16)18(27)25-8-7-15-17(11-25)29-20(24-15)26-12-5-6-13(26)10-23-9-12/h1-4,12-13,19,23H,5-11H2. The van der Waals surface area contributed by atoms with Gasteiger partial charge in [-0.25, -0.2) is 4.98 Å². The molecule has 1 aromatic heterocycles. The predicted octanol–water partition coefficient (Wildman–Crippen LogP) is 2.88. The van der Waals surface area contributed by atoms with Crippen LogP contribution < -0.4 is 15.0 Å². The molecule has 0 aliphatic carbocycles. The Kier molecular flexibility index (Phi) is 4.87. The van der Waals surface area contributed by atoms with Crippen molar-refractivity contribution in [2.75, 3.05) is 24.5 Å². The largest absolute Gasteiger partial charge is 0.434 e. The lowest BCUT2D eigenvalue weighted by Crippen LogP contribution is -2.51. The number of benzene rings is 1. The van der Waals surface area contributed by atoms with Gasteiger partial charge in [0.05, 0.1) is 17.8 Å². The number of carbonyl (C=O) groups excluding carboxylic acids is 1. The predicted molar refractivity (Wildman–Crippen MR) is 106 cm³/mol. The van der Waals surface area contributed by atoms with E-state index in [2.05, 4.69) is 15.0 Å². The number of thiazole rings is 1. The van der Waals surface area contributed by atoms with Crippen molar-refractivity contribution in [1.82, 2.24) is 15.2 Å². The van der Waals surface area contributed by atoms with Crippen LogP contribution in [-0.4, -0.2) is 54.1 Å². The van der Waals surface area contributed by atoms with E-state index in [0.717, 1.165) is 28.8 Å². The molecule has 1 amide bonds. The summed E-state index contributed by atoms with van der Waals surface area (Å²) >= 11 is 1.66. The number of nitrogens with one attached hydrogen (secondary N) is 1. The van der Waals surface area contributed by atoms with Crippen LogP contribution in [0, 0.1) is 0 Å². The molecule has 29 heavy (non-hydrogen) atoms. The maximum atomic E-state index is 13.0. The lowest BCUT2D eigenvalue weighted by atomic mass is 10.1. The van der Waals surface area contributed by atoms with Gasteiger partial charge < -0.3 is 19.9 Å². The van der Waals surface area contributed by atoms with Crippen molar-refractivity contribution in [3.8, 4) is 5.75 Å². The zero-order valence-corrected chi connectivity index (χ0v) is 16.6. The van der Waals surface area contributed by atoms with Gasteiger partial charge in [0, 0.05) is 43.0 Å². The van der Waals surface area contributed by atoms with Crippen molar-refractivity contribution in [3.05, 3.63) is 40.4 Å². The summed E-state index contributed by atoms with van der Waals surface area (Å²) in [5.74, 6) is -0.371. The Balaban J connectivity index is 1.35. The first kappa shape index (κ1) is 18.7. The minimum Gasteiger partial charge on any atom is -0.434 e. The molecule has 3 aliphatic heterocycles. The first-order chi connectivity index (χ1) is 14.1. The van der Waals surface area contributed by atoms with E-state index in [4.69, 9.17) is 4.98 Å². The highest BCUT2D eigenvalue weighted by molar-refractivity contribution is 7.15. The van der Waals surface area contributed by atoms with Crippen LogP contribution in [0.25, 0.3) is 0 Å². The third-order valence-corrected chi connectivity index (χ3v) is 7.04. The first-order valence-electron chi connectivity index (χ1n) is 9.91. The second kappa shape index (κ2) is 7.53. The molecule has 5 rings (SSSR count). The fourth-order valence-corrected chi connectivity index (χ4v) is 5.83. The van der Waals surface area contributed by atoms with Gasteiger partial charge in [0.2, 0.25) is 0 Å². The lowest BCUT2D eigenvalue weighted by Gasteiger charge is -2.35. The van der Waals surface area contributed by atoms with Crippen LogP contribution in [0.4, 0.5) is 13.9 Å². The van der Waals surface area contributed by atoms with Crippen molar-refractivity contribution in [2.24, 2.45) is 0 Å². The molecular weight excluding hydrogens is 398 g/mol. The van der Waals surface area contributed by atoms with E-state index in [-0.39, 0.29) is 17.2 Å². The summed E-state index contributed by atoms with van der Waals surface area (Å²) in [6.07, 6.45) is 3.05. The molecule has 2 aromatic rings. The van der Waals surface area contributed by atoms with E-state index in [1.54, 1.807) is 28.4 Å². The number of alkyl halides is 2. The topological polar surface area (TPSA) is 57.7 Å². The summed E-state index contributed by atoms with van der Waals surface area (Å²) in [6, 6.07) is 7.17. The van der Waals surface area contributed by atoms with Gasteiger partial charge in [0.15, 0.2) is 5.13 Å². The third-order valence-electron chi connectivity index (χ3n) is 5.94. The molecule has 154 valence electrons. The van der Waals surface area contributed by atoms with E-state index in [1.807, 2.05) is 0 Å². The number of para-hydroxylation sites is 1. The number of fused-ring (bicyclic) bond motifs is 3. The number of rotatable bonds is 4. The van der Waals surface area contributed by atoms with Gasteiger partial charge in [-0.05, 0) is 25.0 Å². The fourth-order valence-electron chi connectivity index (χ4n) is 4.57. The fraction of sp³-hybridized carbons (Fsp3) is 0.500. The zero-order valence-electron chi connectivity index (χ0n) is 15.8. The molecule has 9 heteroatoms. The summed E-state index contributed by atoms with van der Waals surface area (Å²) in [6.45, 7) is -0.00304. The van der Waals surface area contributed by atoms with Crippen LogP contribution >= 0.6 is 11.3 Å². The summed E-state index contributed by atoms with van der Waals surface area (Å²) in [4.78, 5) is 23.1. The summed E-state index contributed by atoms with van der Waals surface area (Å²) < 4.78 is 29.9. The maximum absolute atomic E-state index is 13.0. The number of hydrogen-bond acceptors (Lipinski definition) is 6. The van der Waals surface area contributed by atoms with Crippen molar-refractivity contribution in [3.63, 3.8) is 0 Å². The van der Waals surface area contributed by atoms with Gasteiger partial charge >= 0.3 is 6.61 Å². The minimum atomic E-state index is -2.96. The number of halogens is 2. The number of hydrogen-bond donors (Lipinski definition) is 1. The Bertz CT molecular complexity index is 906. The van der Waals surface area contributed by atoms with E-state index >= 15 is 0 Å². The van der Waals surface area contributed by atoms with Crippen LogP contribution in [0.5, 0.6) is 5.75 Å². The molecule has 4 heterocycles. The van der Waals surface area contributed by atoms with Gasteiger partial charge in [-0.2, -0.15) is 8.78 Å². The van der Waals surface area contributed by atoms with E-state index in [1.165, 1.54) is 25.0 Å². The Labute approximate surface area is 171 Å². The van der Waals surface area contributed by atoms with Crippen molar-refractivity contribution in [1.29, 1.82) is 0 Å². The Hall–Kier alpha value is -2.26. The molecule has 1 aromatic carbocycles. The molecule has 6 nitrogen and oxygen atoms in total. The van der Waals surface area contributed by atoms with Crippen LogP contribution in [0.3, 0.4) is 0 Å². The zero-order chi connectivity index (χ0) is 20.0. The Morgan fingerprint density at radius 3 is 2.76 bits per heavy atom. The number of nitrogens with zero attached hydrogens (tertiary/aromatic N) is 3. The molecule has 2 saturated heterocycles. The molecular formula is C20H22F2N4O2S. The van der Waals surface area contributed by atoms with Crippen molar-refractivity contribution in [2.45, 2.75) is 44.5 Å². The van der Waals surface area contributed by atoms with E-state index in [0.29, 0.717) is 31.6 Å². The quantitative estimate of drug-likeness (QED) is 0.824. The average Bonchev–Trinajstić information content (AvgIpc) is 3.24. The summed E-state index contributed by atoms with van der Waals surface area (Å²) in [5.41, 5.74) is 1.23. The third kappa shape index (κ3) is 3.46. The number of ether oxygens (including phenoxy) is 1. The normalized spacial score (nSPS) is 23.4. The second-order valence-electron chi connectivity index (χ2n) is 7.67. The Morgan fingerprint density at radius 1 is 1.24 bits per heavy atom. The van der Waals surface area contributed by atoms with Crippen molar-refractivity contribution < 1.29 is 18.3 Å². The first-order valence-corrected chi connectivity index (χ1v) is 10.7. The van der Waals surface area contributed by atoms with Gasteiger partial charge in [-0.3, -0.25) is 4.79 Å². The number of aromatic nitrogens is 1. The van der Waals surface area contributed by atoms with Gasteiger partial charge in [-0.15, -0.1) is 0 Å². The number of anilines is 1. The molecule has 0 radical (unpaired) electrons. The molecule has 1 N–H and O–H groups in total. The summed E-state index contributed by atoms with van der Waals surface area (Å²) in [5, 5.41) is 4.54. The maximum Gasteiger partial charge on any atom is 0.387 e. The lowest BCUT2D eigenvalue weighted by molar-refractivity contribution is -0.0503. The second-order valence-corrected chi connectivity index (χ2v) is 8.73. The highest BCUT2D eigenvalue weighted by atomic mass is 32.1. The van der Waals surface area contributed by atoms with Crippen LogP contribution in [0.15, 0.2) is 24.3 Å². The SMILES string of the molecule is O=C(c1ccccc1OC(F)F)N1CCc2nc(N3C4CCC3CNC4)sc2C1. The van der Waals surface area contributed by atoms with Gasteiger partial charge in [0.25, 0.3) is 5.91 Å².